The van der Waals surface area contributed by atoms with Gasteiger partial charge < -0.3 is 9.64 Å². The predicted octanol–water partition coefficient (Wildman–Crippen LogP) is 5.92. The van der Waals surface area contributed by atoms with Crippen LogP contribution in [0.3, 0.4) is 0 Å². The topological polar surface area (TPSA) is 45.1 Å². The minimum absolute atomic E-state index is 0.235. The van der Waals surface area contributed by atoms with Crippen LogP contribution in [0.15, 0.2) is 59.6 Å². The minimum Gasteiger partial charge on any atom is -0.447 e. The third kappa shape index (κ3) is 11.1. The molecule has 186 valence electrons. The zero-order valence-electron chi connectivity index (χ0n) is 21.6. The zero-order valence-corrected chi connectivity index (χ0v) is 21.6. The number of aliphatic imine (C=N–C) groups is 1. The van der Waals surface area contributed by atoms with Crippen molar-refractivity contribution in [3.05, 3.63) is 71.3 Å². The van der Waals surface area contributed by atoms with E-state index in [9.17, 15) is 4.79 Å². The Bertz CT molecular complexity index is 830. The lowest BCUT2D eigenvalue weighted by Crippen LogP contribution is -2.37. The van der Waals surface area contributed by atoms with Crippen LogP contribution in [0.2, 0.25) is 0 Å². The second-order valence-corrected chi connectivity index (χ2v) is 8.92. The molecule has 0 aliphatic heterocycles. The normalized spacial score (nSPS) is 12.5. The van der Waals surface area contributed by atoms with Crippen LogP contribution in [-0.4, -0.2) is 54.4 Å². The van der Waals surface area contributed by atoms with Crippen LogP contribution in [0, 0.1) is 0 Å². The summed E-state index contributed by atoms with van der Waals surface area (Å²) in [4.78, 5) is 20.9. The number of ether oxygens (including phenoxy) is 1. The number of hydrogen-bond donors (Lipinski definition) is 0. The van der Waals surface area contributed by atoms with Crippen molar-refractivity contribution in [2.75, 3.05) is 26.2 Å². The molecule has 0 aromatic heterocycles. The molecular formula is C29H43N3O2. The Balaban J connectivity index is 1.89. The van der Waals surface area contributed by atoms with E-state index in [0.29, 0.717) is 6.54 Å². The summed E-state index contributed by atoms with van der Waals surface area (Å²) >= 11 is 0. The van der Waals surface area contributed by atoms with Gasteiger partial charge in [-0.2, -0.15) is 0 Å². The van der Waals surface area contributed by atoms with Gasteiger partial charge in [0, 0.05) is 26.2 Å². The fraction of sp³-hybridized carbons (Fsp3) is 0.517. The number of carbonyl (C=O) groups excluding carboxylic acids is 1. The molecule has 0 aliphatic rings. The van der Waals surface area contributed by atoms with E-state index in [-0.39, 0.29) is 12.2 Å². The van der Waals surface area contributed by atoms with Crippen molar-refractivity contribution in [1.82, 2.24) is 9.80 Å². The summed E-state index contributed by atoms with van der Waals surface area (Å²) in [6.45, 7) is 13.7. The maximum absolute atomic E-state index is 11.6. The van der Waals surface area contributed by atoms with Crippen LogP contribution in [0.25, 0.3) is 0 Å². The monoisotopic (exact) mass is 465 g/mol. The second kappa shape index (κ2) is 16.2. The predicted molar refractivity (Wildman–Crippen MR) is 142 cm³/mol. The number of hydrogen-bond acceptors (Lipinski definition) is 5. The molecule has 0 radical (unpaired) electrons. The Morgan fingerprint density at radius 1 is 0.912 bits per heavy atom. The van der Waals surface area contributed by atoms with Crippen molar-refractivity contribution in [3.8, 4) is 0 Å². The van der Waals surface area contributed by atoms with Crippen molar-refractivity contribution in [2.24, 2.45) is 4.99 Å². The van der Waals surface area contributed by atoms with Crippen molar-refractivity contribution in [2.45, 2.75) is 72.7 Å². The highest BCUT2D eigenvalue weighted by molar-refractivity contribution is 5.79. The summed E-state index contributed by atoms with van der Waals surface area (Å²) in [5.74, 6) is -0.235. The van der Waals surface area contributed by atoms with Crippen LogP contribution < -0.4 is 0 Å². The number of nitrogens with zero attached hydrogens (tertiary/aromatic N) is 3. The van der Waals surface area contributed by atoms with E-state index < -0.39 is 0 Å². The highest BCUT2D eigenvalue weighted by Gasteiger charge is 2.17. The maximum atomic E-state index is 11.6. The van der Waals surface area contributed by atoms with Gasteiger partial charge in [0.25, 0.3) is 0 Å². The summed E-state index contributed by atoms with van der Waals surface area (Å²) in [6, 6.07) is 18.7. The van der Waals surface area contributed by atoms with E-state index in [0.717, 1.165) is 38.0 Å². The van der Waals surface area contributed by atoms with Crippen LogP contribution in [0.1, 0.15) is 70.1 Å². The minimum atomic E-state index is -0.241. The number of carbonyl (C=O) groups is 1. The van der Waals surface area contributed by atoms with Gasteiger partial charge in [-0.15, -0.1) is 0 Å². The second-order valence-electron chi connectivity index (χ2n) is 8.92. The first kappa shape index (κ1) is 27.7. The Morgan fingerprint density at radius 2 is 1.53 bits per heavy atom. The lowest BCUT2D eigenvalue weighted by atomic mass is 10.1. The summed E-state index contributed by atoms with van der Waals surface area (Å²) in [7, 11) is 0. The van der Waals surface area contributed by atoms with Gasteiger partial charge in [0.05, 0.1) is 6.54 Å². The van der Waals surface area contributed by atoms with Crippen LogP contribution in [0.4, 0.5) is 0 Å². The van der Waals surface area contributed by atoms with Crippen molar-refractivity contribution in [1.29, 1.82) is 0 Å². The summed E-state index contributed by atoms with van der Waals surface area (Å²) in [6.07, 6.45) is 6.31. The van der Waals surface area contributed by atoms with Gasteiger partial charge in [0.1, 0.15) is 0 Å². The summed E-state index contributed by atoms with van der Waals surface area (Å²) in [5, 5.41) is 0. The van der Waals surface area contributed by atoms with Crippen molar-refractivity contribution >= 4 is 12.2 Å². The number of benzene rings is 2. The lowest BCUT2D eigenvalue weighted by molar-refractivity contribution is -0.155. The highest BCUT2D eigenvalue weighted by Crippen LogP contribution is 2.13. The molecule has 5 nitrogen and oxygen atoms in total. The number of esters is 1. The van der Waals surface area contributed by atoms with Crippen LogP contribution in [-0.2, 0) is 22.6 Å². The molecule has 1 unspecified atom stereocenters. The molecular weight excluding hydrogens is 422 g/mol. The molecule has 0 aliphatic carbocycles. The fourth-order valence-electron chi connectivity index (χ4n) is 4.10. The Hall–Kier alpha value is -2.50. The standard InChI is InChI=1S/C29H43N3O2/c1-5-18-31(19-6-2)20-10-11-21-32(25(3)34-26(4)33)24-29-16-14-28(15-17-29)23-30-22-27-12-8-7-9-13-27/h7-9,12-17,22,25H,5-6,10-11,18-21,23-24H2,1-4H3/b30-22+. The van der Waals surface area contributed by atoms with E-state index in [1.54, 1.807) is 0 Å². The first-order chi connectivity index (χ1) is 16.5. The maximum Gasteiger partial charge on any atom is 0.304 e. The van der Waals surface area contributed by atoms with Gasteiger partial charge in [-0.25, -0.2) is 0 Å². The average molecular weight is 466 g/mol. The Kier molecular flexibility index (Phi) is 13.2. The largest absolute Gasteiger partial charge is 0.447 e. The Morgan fingerprint density at radius 3 is 2.15 bits per heavy atom. The lowest BCUT2D eigenvalue weighted by Gasteiger charge is -2.29. The Labute approximate surface area is 206 Å². The third-order valence-electron chi connectivity index (χ3n) is 5.82. The van der Waals surface area contributed by atoms with E-state index in [4.69, 9.17) is 4.74 Å². The fourth-order valence-corrected chi connectivity index (χ4v) is 4.10. The zero-order chi connectivity index (χ0) is 24.6. The molecule has 0 spiro atoms. The van der Waals surface area contributed by atoms with Crippen LogP contribution >= 0.6 is 0 Å². The summed E-state index contributed by atoms with van der Waals surface area (Å²) in [5.41, 5.74) is 3.51. The molecule has 34 heavy (non-hydrogen) atoms. The van der Waals surface area contributed by atoms with Crippen LogP contribution in [0.5, 0.6) is 0 Å². The van der Waals surface area contributed by atoms with Gasteiger partial charge >= 0.3 is 5.97 Å². The molecule has 1 atom stereocenters. The van der Waals surface area contributed by atoms with E-state index in [1.165, 1.54) is 44.0 Å². The first-order valence-electron chi connectivity index (χ1n) is 12.8. The van der Waals surface area contributed by atoms with E-state index in [2.05, 4.69) is 65.0 Å². The van der Waals surface area contributed by atoms with Gasteiger partial charge in [-0.3, -0.25) is 14.7 Å². The van der Waals surface area contributed by atoms with Gasteiger partial charge in [-0.1, -0.05) is 68.4 Å². The molecule has 2 rings (SSSR count). The molecule has 5 heteroatoms. The molecule has 0 amide bonds. The van der Waals surface area contributed by atoms with E-state index >= 15 is 0 Å². The molecule has 0 N–H and O–H groups in total. The summed E-state index contributed by atoms with van der Waals surface area (Å²) < 4.78 is 5.52. The molecule has 0 fully saturated rings. The molecule has 0 saturated carbocycles. The highest BCUT2D eigenvalue weighted by atomic mass is 16.6. The number of rotatable bonds is 16. The van der Waals surface area contributed by atoms with E-state index in [1.807, 2.05) is 31.3 Å². The number of unbranched alkanes of at least 4 members (excludes halogenated alkanes) is 1. The van der Waals surface area contributed by atoms with Gasteiger partial charge in [0.2, 0.25) is 0 Å². The molecule has 0 heterocycles. The quantitative estimate of drug-likeness (QED) is 0.134. The molecule has 2 aromatic rings. The first-order valence-corrected chi connectivity index (χ1v) is 12.8. The molecule has 0 saturated heterocycles. The van der Waals surface area contributed by atoms with Gasteiger partial charge in [0.15, 0.2) is 6.23 Å². The SMILES string of the molecule is CCCN(CCC)CCCCN(Cc1ccc(C/N=C/c2ccccc2)cc1)C(C)OC(C)=O. The van der Waals surface area contributed by atoms with Gasteiger partial charge in [-0.05, 0) is 68.9 Å². The van der Waals surface area contributed by atoms with Crippen molar-refractivity contribution in [3.63, 3.8) is 0 Å². The molecule has 0 bridgehead atoms. The molecule has 2 aromatic carbocycles. The smallest absolute Gasteiger partial charge is 0.304 e. The van der Waals surface area contributed by atoms with Crippen molar-refractivity contribution < 1.29 is 9.53 Å². The average Bonchev–Trinajstić information content (AvgIpc) is 2.82. The third-order valence-corrected chi connectivity index (χ3v) is 5.82.